The van der Waals surface area contributed by atoms with Gasteiger partial charge >= 0.3 is 0 Å². The molecule has 0 spiro atoms. The maximum Gasteiger partial charge on any atom is 0.246 e. The van der Waals surface area contributed by atoms with Crippen molar-refractivity contribution in [1.82, 2.24) is 4.90 Å². The molecule has 1 aliphatic rings. The Morgan fingerprint density at radius 2 is 2.33 bits per heavy atom. The monoisotopic (exact) mass is 329 g/mol. The topological polar surface area (TPSA) is 40.5 Å². The zero-order chi connectivity index (χ0) is 13.2. The van der Waals surface area contributed by atoms with Crippen LogP contribution in [0.1, 0.15) is 24.6 Å². The second-order valence-electron chi connectivity index (χ2n) is 4.64. The highest BCUT2D eigenvalue weighted by molar-refractivity contribution is 9.11. The van der Waals surface area contributed by atoms with Gasteiger partial charge in [-0.15, -0.1) is 11.3 Å². The minimum atomic E-state index is -0.649. The van der Waals surface area contributed by atoms with Gasteiger partial charge in [-0.25, -0.2) is 0 Å². The van der Waals surface area contributed by atoms with Crippen molar-refractivity contribution in [3.8, 4) is 0 Å². The number of amides is 1. The average molecular weight is 330 g/mol. The normalized spacial score (nSPS) is 18.1. The number of nitrogens with zero attached hydrogens (tertiary/aromatic N) is 1. The lowest BCUT2D eigenvalue weighted by Gasteiger charge is -2.46. The second-order valence-corrected chi connectivity index (χ2v) is 7.14. The van der Waals surface area contributed by atoms with Crippen LogP contribution in [0, 0.1) is 0 Å². The van der Waals surface area contributed by atoms with Crippen LogP contribution in [0.15, 0.2) is 22.0 Å². The molecular weight excluding hydrogens is 314 g/mol. The summed E-state index contributed by atoms with van der Waals surface area (Å²) in [6.45, 7) is 2.95. The van der Waals surface area contributed by atoms with E-state index in [1.54, 1.807) is 22.3 Å². The molecule has 0 unspecified atom stereocenters. The van der Waals surface area contributed by atoms with Gasteiger partial charge in [-0.2, -0.15) is 0 Å². The maximum absolute atomic E-state index is 11.8. The lowest BCUT2D eigenvalue weighted by molar-refractivity contribution is -0.151. The van der Waals surface area contributed by atoms with E-state index in [1.165, 1.54) is 0 Å². The second kappa shape index (κ2) is 5.55. The van der Waals surface area contributed by atoms with Crippen LogP contribution < -0.4 is 0 Å². The summed E-state index contributed by atoms with van der Waals surface area (Å²) in [6.07, 6.45) is 5.09. The Morgan fingerprint density at radius 3 is 2.89 bits per heavy atom. The molecule has 0 atom stereocenters. The number of carbonyl (C=O) groups excluding carboxylic acids is 1. The van der Waals surface area contributed by atoms with Crippen molar-refractivity contribution in [3.05, 3.63) is 26.9 Å². The molecule has 0 saturated carbocycles. The third-order valence-corrected chi connectivity index (χ3v) is 4.57. The van der Waals surface area contributed by atoms with Gasteiger partial charge in [-0.3, -0.25) is 4.79 Å². The molecule has 1 fully saturated rings. The summed E-state index contributed by atoms with van der Waals surface area (Å²) in [5, 5.41) is 10.00. The van der Waals surface area contributed by atoms with Crippen molar-refractivity contribution in [2.75, 3.05) is 13.1 Å². The predicted octanol–water partition coefficient (Wildman–Crippen LogP) is 2.90. The number of likely N-dealkylation sites (tertiary alicyclic amines) is 1. The standard InChI is InChI=1S/C13H16BrNO2S/c1-2-7-13(17)8-15(9-13)12(16)6-4-10-3-5-11(14)18-10/h3-6,17H,2,7-9H2,1H3. The molecular formula is C13H16BrNO2S. The van der Waals surface area contributed by atoms with Gasteiger partial charge < -0.3 is 10.0 Å². The zero-order valence-corrected chi connectivity index (χ0v) is 12.6. The summed E-state index contributed by atoms with van der Waals surface area (Å²) in [6, 6.07) is 3.92. The molecule has 1 saturated heterocycles. The lowest BCUT2D eigenvalue weighted by Crippen LogP contribution is -2.63. The molecule has 0 aliphatic carbocycles. The summed E-state index contributed by atoms with van der Waals surface area (Å²) < 4.78 is 1.05. The molecule has 1 amide bonds. The van der Waals surface area contributed by atoms with Crippen LogP contribution in [0.25, 0.3) is 6.08 Å². The highest BCUT2D eigenvalue weighted by Gasteiger charge is 2.41. The number of halogens is 1. The third-order valence-electron chi connectivity index (χ3n) is 2.98. The molecule has 5 heteroatoms. The van der Waals surface area contributed by atoms with Crippen molar-refractivity contribution in [2.24, 2.45) is 0 Å². The fourth-order valence-corrected chi connectivity index (χ4v) is 3.45. The van der Waals surface area contributed by atoms with Crippen molar-refractivity contribution >= 4 is 39.2 Å². The molecule has 18 heavy (non-hydrogen) atoms. The summed E-state index contributed by atoms with van der Waals surface area (Å²) >= 11 is 4.97. The lowest BCUT2D eigenvalue weighted by atomic mass is 9.89. The van der Waals surface area contributed by atoms with Crippen molar-refractivity contribution in [3.63, 3.8) is 0 Å². The van der Waals surface area contributed by atoms with Crippen LogP contribution in [0.4, 0.5) is 0 Å². The molecule has 2 heterocycles. The molecule has 1 aliphatic heterocycles. The van der Waals surface area contributed by atoms with Crippen molar-refractivity contribution < 1.29 is 9.90 Å². The summed E-state index contributed by atoms with van der Waals surface area (Å²) in [7, 11) is 0. The molecule has 3 nitrogen and oxygen atoms in total. The first-order valence-electron chi connectivity index (χ1n) is 5.97. The average Bonchev–Trinajstić information content (AvgIpc) is 2.69. The van der Waals surface area contributed by atoms with Gasteiger partial charge in [0, 0.05) is 11.0 Å². The molecule has 2 rings (SSSR count). The smallest absolute Gasteiger partial charge is 0.246 e. The summed E-state index contributed by atoms with van der Waals surface area (Å²) in [5.74, 6) is -0.0275. The van der Waals surface area contributed by atoms with Crippen LogP contribution in [-0.4, -0.2) is 34.6 Å². The molecule has 98 valence electrons. The molecule has 1 N–H and O–H groups in total. The van der Waals surface area contributed by atoms with Crippen LogP contribution in [0.2, 0.25) is 0 Å². The number of rotatable bonds is 4. The van der Waals surface area contributed by atoms with E-state index in [4.69, 9.17) is 0 Å². The van der Waals surface area contributed by atoms with Crippen molar-refractivity contribution in [2.45, 2.75) is 25.4 Å². The third kappa shape index (κ3) is 3.22. The first kappa shape index (κ1) is 13.8. The quantitative estimate of drug-likeness (QED) is 0.863. The van der Waals surface area contributed by atoms with E-state index < -0.39 is 5.60 Å². The molecule has 0 aromatic carbocycles. The molecule has 0 bridgehead atoms. The fraction of sp³-hybridized carbons (Fsp3) is 0.462. The Kier molecular flexibility index (Phi) is 4.25. The van der Waals surface area contributed by atoms with E-state index in [1.807, 2.05) is 25.1 Å². The number of thiophene rings is 1. The Balaban J connectivity index is 1.85. The number of carbonyl (C=O) groups is 1. The Bertz CT molecular complexity index is 463. The van der Waals surface area contributed by atoms with Gasteiger partial charge in [0.25, 0.3) is 0 Å². The minimum absolute atomic E-state index is 0.0275. The van der Waals surface area contributed by atoms with E-state index in [9.17, 15) is 9.90 Å². The van der Waals surface area contributed by atoms with Crippen LogP contribution in [0.3, 0.4) is 0 Å². The summed E-state index contributed by atoms with van der Waals surface area (Å²) in [5.41, 5.74) is -0.649. The largest absolute Gasteiger partial charge is 0.386 e. The number of β-amino-alcohol motifs (C(OH)–C–C–N with tert-alkyl or cyclic N) is 1. The highest BCUT2D eigenvalue weighted by atomic mass is 79.9. The maximum atomic E-state index is 11.8. The molecule has 0 radical (unpaired) electrons. The Morgan fingerprint density at radius 1 is 1.61 bits per heavy atom. The van der Waals surface area contributed by atoms with E-state index in [2.05, 4.69) is 15.9 Å². The summed E-state index contributed by atoms with van der Waals surface area (Å²) in [4.78, 5) is 14.5. The molecule has 1 aromatic rings. The van der Waals surface area contributed by atoms with Gasteiger partial charge in [0.1, 0.15) is 0 Å². The van der Waals surface area contributed by atoms with Crippen LogP contribution in [0.5, 0.6) is 0 Å². The molecule has 1 aromatic heterocycles. The zero-order valence-electron chi connectivity index (χ0n) is 10.2. The highest BCUT2D eigenvalue weighted by Crippen LogP contribution is 2.26. The van der Waals surface area contributed by atoms with Gasteiger partial charge in [0.15, 0.2) is 0 Å². The van der Waals surface area contributed by atoms with E-state index >= 15 is 0 Å². The van der Waals surface area contributed by atoms with Crippen LogP contribution in [-0.2, 0) is 4.79 Å². The first-order chi connectivity index (χ1) is 8.52. The minimum Gasteiger partial charge on any atom is -0.386 e. The Labute approximate surface area is 119 Å². The predicted molar refractivity (Wildman–Crippen MR) is 77.5 cm³/mol. The van der Waals surface area contributed by atoms with E-state index in [0.29, 0.717) is 13.1 Å². The number of hydrogen-bond donors (Lipinski definition) is 1. The Hall–Kier alpha value is -0.650. The van der Waals surface area contributed by atoms with Gasteiger partial charge in [0.2, 0.25) is 5.91 Å². The van der Waals surface area contributed by atoms with E-state index in [0.717, 1.165) is 21.5 Å². The SMILES string of the molecule is CCCC1(O)CN(C(=O)C=Cc2ccc(Br)s2)C1. The fourth-order valence-electron chi connectivity index (χ4n) is 2.12. The van der Waals surface area contributed by atoms with Crippen molar-refractivity contribution in [1.29, 1.82) is 0 Å². The first-order valence-corrected chi connectivity index (χ1v) is 7.58. The van der Waals surface area contributed by atoms with Gasteiger partial charge in [0.05, 0.1) is 22.5 Å². The van der Waals surface area contributed by atoms with E-state index in [-0.39, 0.29) is 5.91 Å². The number of aliphatic hydroxyl groups is 1. The van der Waals surface area contributed by atoms with Gasteiger partial charge in [-0.1, -0.05) is 13.3 Å². The number of hydrogen-bond acceptors (Lipinski definition) is 3. The van der Waals surface area contributed by atoms with Crippen LogP contribution >= 0.6 is 27.3 Å². The van der Waals surface area contributed by atoms with Gasteiger partial charge in [-0.05, 0) is 40.6 Å².